The first-order valence-corrected chi connectivity index (χ1v) is 14.6. The summed E-state index contributed by atoms with van der Waals surface area (Å²) >= 11 is 0. The molecule has 0 spiro atoms. The number of aromatic nitrogens is 2. The van der Waals surface area contributed by atoms with Gasteiger partial charge in [-0.25, -0.2) is 14.2 Å². The summed E-state index contributed by atoms with van der Waals surface area (Å²) in [4.78, 5) is 64.6. The van der Waals surface area contributed by atoms with E-state index in [1.807, 2.05) is 30.3 Å². The first-order chi connectivity index (χ1) is 21.8. The second-order valence-corrected chi connectivity index (χ2v) is 10.3. The van der Waals surface area contributed by atoms with Gasteiger partial charge in [0, 0.05) is 12.2 Å². The number of ether oxygens (including phenoxy) is 1. The third kappa shape index (κ3) is 7.42. The van der Waals surface area contributed by atoms with Gasteiger partial charge in [-0.05, 0) is 73.0 Å². The lowest BCUT2D eigenvalue weighted by atomic mass is 10.1. The molecule has 0 unspecified atom stereocenters. The van der Waals surface area contributed by atoms with Gasteiger partial charge in [0.15, 0.2) is 0 Å². The quantitative estimate of drug-likeness (QED) is 0.220. The predicted molar refractivity (Wildman–Crippen MR) is 172 cm³/mol. The Balaban J connectivity index is 1.33. The lowest BCUT2D eigenvalue weighted by molar-refractivity contribution is -0.120. The smallest absolute Gasteiger partial charge is 0.338 e. The maximum Gasteiger partial charge on any atom is 0.338 e. The van der Waals surface area contributed by atoms with Crippen LogP contribution in [0.15, 0.2) is 113 Å². The number of nitrogens with zero attached hydrogens (tertiary/aromatic N) is 2. The molecule has 0 saturated heterocycles. The Kier molecular flexibility index (Phi) is 9.64. The number of para-hydroxylation sites is 1. The Labute approximate surface area is 258 Å². The zero-order valence-electron chi connectivity index (χ0n) is 24.7. The Hall–Kier alpha value is -5.77. The average molecular weight is 605 g/mol. The minimum absolute atomic E-state index is 0.134. The van der Waals surface area contributed by atoms with Crippen molar-refractivity contribution in [2.75, 3.05) is 18.5 Å². The molecule has 10 heteroatoms. The van der Waals surface area contributed by atoms with Crippen LogP contribution in [0.3, 0.4) is 0 Å². The summed E-state index contributed by atoms with van der Waals surface area (Å²) in [6, 6.07) is 29.3. The molecule has 0 aliphatic rings. The maximum absolute atomic E-state index is 13.7. The second-order valence-electron chi connectivity index (χ2n) is 10.3. The van der Waals surface area contributed by atoms with Crippen molar-refractivity contribution in [3.05, 3.63) is 141 Å². The van der Waals surface area contributed by atoms with Gasteiger partial charge in [-0.15, -0.1) is 0 Å². The minimum Gasteiger partial charge on any atom is -0.462 e. The molecule has 2 amide bonds. The van der Waals surface area contributed by atoms with Crippen LogP contribution in [0, 0.1) is 0 Å². The summed E-state index contributed by atoms with van der Waals surface area (Å²) in [5, 5.41) is 5.91. The standard InChI is InChI=1S/C35H32N4O6/c1-2-45-34(43)26-14-16-27(17-15-26)37-32(41)23-38-30-11-7-6-10-29(30)33(42)39(35(38)44)28-18-12-25(13-19-28)22-31(40)36-21-20-24-8-4-3-5-9-24/h3-19H,2,20-23H2,1H3,(H,36,40)(H,37,41). The molecule has 4 aromatic carbocycles. The van der Waals surface area contributed by atoms with E-state index in [1.54, 1.807) is 67.6 Å². The lowest BCUT2D eigenvalue weighted by Crippen LogP contribution is -2.40. The molecule has 45 heavy (non-hydrogen) atoms. The van der Waals surface area contributed by atoms with Crippen molar-refractivity contribution in [2.45, 2.75) is 26.3 Å². The highest BCUT2D eigenvalue weighted by atomic mass is 16.5. The fourth-order valence-electron chi connectivity index (χ4n) is 4.95. The number of hydrogen-bond acceptors (Lipinski definition) is 6. The van der Waals surface area contributed by atoms with Gasteiger partial charge in [-0.1, -0.05) is 54.6 Å². The van der Waals surface area contributed by atoms with Gasteiger partial charge < -0.3 is 15.4 Å². The summed E-state index contributed by atoms with van der Waals surface area (Å²) in [7, 11) is 0. The van der Waals surface area contributed by atoms with E-state index in [0.29, 0.717) is 29.0 Å². The monoisotopic (exact) mass is 604 g/mol. The molecule has 5 rings (SSSR count). The number of carbonyl (C=O) groups is 3. The van der Waals surface area contributed by atoms with E-state index >= 15 is 0 Å². The molecule has 1 heterocycles. The fourth-order valence-corrected chi connectivity index (χ4v) is 4.95. The van der Waals surface area contributed by atoms with E-state index in [2.05, 4.69) is 10.6 Å². The molecule has 0 radical (unpaired) electrons. The van der Waals surface area contributed by atoms with Gasteiger partial charge in [0.05, 0.1) is 35.2 Å². The molecule has 0 atom stereocenters. The molecule has 0 aliphatic carbocycles. The van der Waals surface area contributed by atoms with Crippen molar-refractivity contribution >= 4 is 34.4 Å². The lowest BCUT2D eigenvalue weighted by Gasteiger charge is -2.15. The third-order valence-electron chi connectivity index (χ3n) is 7.17. The summed E-state index contributed by atoms with van der Waals surface area (Å²) in [5.41, 5.74) is 2.06. The van der Waals surface area contributed by atoms with Crippen LogP contribution in [0.5, 0.6) is 0 Å². The van der Waals surface area contributed by atoms with Crippen LogP contribution >= 0.6 is 0 Å². The summed E-state index contributed by atoms with van der Waals surface area (Å²) in [5.74, 6) is -1.10. The number of fused-ring (bicyclic) bond motifs is 1. The highest BCUT2D eigenvalue weighted by molar-refractivity contribution is 5.93. The molecule has 5 aromatic rings. The number of amides is 2. The number of esters is 1. The van der Waals surface area contributed by atoms with E-state index in [9.17, 15) is 24.0 Å². The van der Waals surface area contributed by atoms with E-state index in [0.717, 1.165) is 22.1 Å². The summed E-state index contributed by atoms with van der Waals surface area (Å²) < 4.78 is 7.25. The van der Waals surface area contributed by atoms with Crippen LogP contribution in [0.2, 0.25) is 0 Å². The predicted octanol–water partition coefficient (Wildman–Crippen LogP) is 3.87. The first kappa shape index (κ1) is 30.7. The van der Waals surface area contributed by atoms with Crippen molar-refractivity contribution in [2.24, 2.45) is 0 Å². The van der Waals surface area contributed by atoms with E-state index in [4.69, 9.17) is 4.74 Å². The molecule has 0 saturated carbocycles. The highest BCUT2D eigenvalue weighted by Gasteiger charge is 2.17. The Bertz CT molecular complexity index is 1950. The van der Waals surface area contributed by atoms with Gasteiger partial charge in [-0.2, -0.15) is 0 Å². The van der Waals surface area contributed by atoms with Crippen molar-refractivity contribution in [3.63, 3.8) is 0 Å². The van der Waals surface area contributed by atoms with Gasteiger partial charge >= 0.3 is 11.7 Å². The van der Waals surface area contributed by atoms with Crippen molar-refractivity contribution in [3.8, 4) is 5.69 Å². The number of carbonyl (C=O) groups excluding carboxylic acids is 3. The van der Waals surface area contributed by atoms with E-state index < -0.39 is 23.1 Å². The second kappa shape index (κ2) is 14.1. The highest BCUT2D eigenvalue weighted by Crippen LogP contribution is 2.14. The molecule has 0 bridgehead atoms. The minimum atomic E-state index is -0.682. The van der Waals surface area contributed by atoms with E-state index in [-0.39, 0.29) is 30.9 Å². The molecular weight excluding hydrogens is 572 g/mol. The number of hydrogen-bond donors (Lipinski definition) is 2. The molecule has 2 N–H and O–H groups in total. The van der Waals surface area contributed by atoms with Gasteiger partial charge in [0.1, 0.15) is 6.54 Å². The topological polar surface area (TPSA) is 128 Å². The van der Waals surface area contributed by atoms with Crippen molar-refractivity contribution in [1.29, 1.82) is 0 Å². The van der Waals surface area contributed by atoms with Crippen LogP contribution < -0.4 is 21.9 Å². The van der Waals surface area contributed by atoms with Gasteiger partial charge in [-0.3, -0.25) is 19.0 Å². The SMILES string of the molecule is CCOC(=O)c1ccc(NC(=O)Cn2c(=O)n(-c3ccc(CC(=O)NCCc4ccccc4)cc3)c(=O)c3ccccc32)cc1. The largest absolute Gasteiger partial charge is 0.462 e. The molecule has 228 valence electrons. The molecule has 10 nitrogen and oxygen atoms in total. The zero-order chi connectivity index (χ0) is 31.8. The van der Waals surface area contributed by atoms with E-state index in [1.165, 1.54) is 16.7 Å². The fraction of sp³-hybridized carbons (Fsp3) is 0.171. The van der Waals surface area contributed by atoms with Crippen LogP contribution in [-0.4, -0.2) is 40.1 Å². The van der Waals surface area contributed by atoms with Gasteiger partial charge in [0.2, 0.25) is 11.8 Å². The summed E-state index contributed by atoms with van der Waals surface area (Å²) in [6.45, 7) is 2.12. The van der Waals surface area contributed by atoms with Crippen LogP contribution in [0.1, 0.15) is 28.4 Å². The van der Waals surface area contributed by atoms with Crippen LogP contribution in [-0.2, 0) is 33.7 Å². The Morgan fingerprint density at radius 1 is 0.756 bits per heavy atom. The number of benzene rings is 4. The van der Waals surface area contributed by atoms with Gasteiger partial charge in [0.25, 0.3) is 5.56 Å². The van der Waals surface area contributed by atoms with Crippen LogP contribution in [0.25, 0.3) is 16.6 Å². The number of anilines is 1. The van der Waals surface area contributed by atoms with Crippen molar-refractivity contribution in [1.82, 2.24) is 14.5 Å². The first-order valence-electron chi connectivity index (χ1n) is 14.6. The third-order valence-corrected chi connectivity index (χ3v) is 7.17. The molecular formula is C35H32N4O6. The molecule has 0 fully saturated rings. The Morgan fingerprint density at radius 3 is 2.16 bits per heavy atom. The Morgan fingerprint density at radius 2 is 1.44 bits per heavy atom. The maximum atomic E-state index is 13.7. The average Bonchev–Trinajstić information content (AvgIpc) is 3.05. The molecule has 0 aliphatic heterocycles. The summed E-state index contributed by atoms with van der Waals surface area (Å²) in [6.07, 6.45) is 0.870. The van der Waals surface area contributed by atoms with Crippen molar-refractivity contribution < 1.29 is 19.1 Å². The normalized spacial score (nSPS) is 10.8. The number of nitrogens with one attached hydrogen (secondary N) is 2. The zero-order valence-corrected chi connectivity index (χ0v) is 24.7. The van der Waals surface area contributed by atoms with Crippen LogP contribution in [0.4, 0.5) is 5.69 Å². The number of rotatable bonds is 11. The molecule has 1 aromatic heterocycles.